The molecule has 2 unspecified atom stereocenters. The minimum atomic E-state index is -5.61. The molecular weight excluding hydrogens is 328 g/mol. The van der Waals surface area contributed by atoms with E-state index < -0.39 is 26.7 Å². The van der Waals surface area contributed by atoms with Gasteiger partial charge in [-0.05, 0) is 12.3 Å². The quantitative estimate of drug-likeness (QED) is 0.261. The summed E-state index contributed by atoms with van der Waals surface area (Å²) in [6.07, 6.45) is 4.02. The van der Waals surface area contributed by atoms with Gasteiger partial charge >= 0.3 is 59.1 Å². The molecule has 0 bridgehead atoms. The van der Waals surface area contributed by atoms with Crippen molar-refractivity contribution in [2.75, 3.05) is 0 Å². The van der Waals surface area contributed by atoms with Crippen molar-refractivity contribution in [3.8, 4) is 0 Å². The fraction of sp³-hybridized carbons (Fsp3) is 1.00. The average molecular weight is 346 g/mol. The smallest absolute Gasteiger partial charge is 0.776 e. The standard InChI is InChI=1S/C9H20O7P2.2Na/c10-9(17(11,12)13,18(14,15)16)7-8-5-3-1-2-4-6-8;;/h8,10H,1-7H2,(H2,11,12,13)(H2,14,15,16);;/q;2*+1/p-2. The summed E-state index contributed by atoms with van der Waals surface area (Å²) in [5.74, 6) is -0.346. The van der Waals surface area contributed by atoms with Crippen LogP contribution in [0.3, 0.4) is 0 Å². The summed E-state index contributed by atoms with van der Waals surface area (Å²) in [4.78, 5) is 39.9. The second kappa shape index (κ2) is 9.53. The molecular formula is C9H18Na2O7P2. The maximum atomic E-state index is 11.1. The van der Waals surface area contributed by atoms with Gasteiger partial charge in [0.15, 0.2) is 20.3 Å². The third-order valence-electron chi connectivity index (χ3n) is 3.44. The monoisotopic (exact) mass is 346 g/mol. The Morgan fingerprint density at radius 3 is 1.60 bits per heavy atom. The van der Waals surface area contributed by atoms with Crippen LogP contribution in [-0.2, 0) is 9.13 Å². The van der Waals surface area contributed by atoms with Gasteiger partial charge in [-0.3, -0.25) is 0 Å². The topological polar surface area (TPSA) is 141 Å². The van der Waals surface area contributed by atoms with E-state index in [2.05, 4.69) is 0 Å². The Hall–Kier alpha value is 2.26. The molecule has 0 aromatic heterocycles. The van der Waals surface area contributed by atoms with Gasteiger partial charge in [0.2, 0.25) is 0 Å². The third kappa shape index (κ3) is 6.40. The second-order valence-corrected chi connectivity index (χ2v) is 8.79. The molecule has 108 valence electrons. The number of aliphatic hydroxyl groups is 1. The van der Waals surface area contributed by atoms with Crippen molar-refractivity contribution < 1.29 is 92.9 Å². The molecule has 1 fully saturated rings. The van der Waals surface area contributed by atoms with E-state index in [4.69, 9.17) is 9.79 Å². The molecule has 0 heterocycles. The van der Waals surface area contributed by atoms with Crippen LogP contribution in [0.1, 0.15) is 44.9 Å². The first-order valence-corrected chi connectivity index (χ1v) is 9.03. The van der Waals surface area contributed by atoms with Crippen molar-refractivity contribution >= 4 is 15.2 Å². The van der Waals surface area contributed by atoms with Crippen molar-refractivity contribution in [1.82, 2.24) is 0 Å². The van der Waals surface area contributed by atoms with E-state index in [-0.39, 0.29) is 65.0 Å². The predicted octanol–water partition coefficient (Wildman–Crippen LogP) is -5.91. The molecule has 0 saturated heterocycles. The van der Waals surface area contributed by atoms with Crippen LogP contribution in [-0.4, -0.2) is 20.0 Å². The molecule has 0 amide bonds. The number of hydrogen-bond donors (Lipinski definition) is 3. The van der Waals surface area contributed by atoms with E-state index in [0.717, 1.165) is 25.7 Å². The van der Waals surface area contributed by atoms with Crippen LogP contribution in [0, 0.1) is 5.92 Å². The fourth-order valence-electron chi connectivity index (χ4n) is 2.35. The van der Waals surface area contributed by atoms with E-state index >= 15 is 0 Å². The summed E-state index contributed by atoms with van der Waals surface area (Å²) >= 11 is 0. The Morgan fingerprint density at radius 1 is 0.950 bits per heavy atom. The zero-order valence-electron chi connectivity index (χ0n) is 11.9. The Balaban J connectivity index is 0. The summed E-state index contributed by atoms with van der Waals surface area (Å²) in [6.45, 7) is 0. The van der Waals surface area contributed by atoms with E-state index in [1.54, 1.807) is 0 Å². The average Bonchev–Trinajstić information content (AvgIpc) is 2.42. The van der Waals surface area contributed by atoms with Crippen LogP contribution < -0.4 is 68.9 Å². The van der Waals surface area contributed by atoms with Gasteiger partial charge in [-0.1, -0.05) is 38.5 Å². The van der Waals surface area contributed by atoms with Gasteiger partial charge < -0.3 is 33.8 Å². The largest absolute Gasteiger partial charge is 1.00 e. The van der Waals surface area contributed by atoms with E-state index in [9.17, 15) is 24.0 Å². The Kier molecular flexibility index (Phi) is 11.7. The molecule has 1 aliphatic carbocycles. The van der Waals surface area contributed by atoms with Crippen molar-refractivity contribution in [2.45, 2.75) is 50.0 Å². The van der Waals surface area contributed by atoms with E-state index in [0.29, 0.717) is 12.8 Å². The summed E-state index contributed by atoms with van der Waals surface area (Å²) in [6, 6.07) is 0. The zero-order chi connectivity index (χ0) is 14.0. The predicted molar refractivity (Wildman–Crippen MR) is 60.4 cm³/mol. The number of hydrogen-bond acceptors (Lipinski definition) is 5. The molecule has 0 spiro atoms. The van der Waals surface area contributed by atoms with Gasteiger partial charge in [0.05, 0.1) is 0 Å². The van der Waals surface area contributed by atoms with Gasteiger partial charge in [-0.25, -0.2) is 0 Å². The van der Waals surface area contributed by atoms with E-state index in [1.807, 2.05) is 0 Å². The summed E-state index contributed by atoms with van der Waals surface area (Å²) < 4.78 is 22.1. The first-order chi connectivity index (χ1) is 8.08. The molecule has 1 rings (SSSR count). The zero-order valence-corrected chi connectivity index (χ0v) is 17.7. The molecule has 7 nitrogen and oxygen atoms in total. The summed E-state index contributed by atoms with van der Waals surface area (Å²) in [5, 5.41) is 6.21. The molecule has 2 atom stereocenters. The van der Waals surface area contributed by atoms with Crippen molar-refractivity contribution in [1.29, 1.82) is 0 Å². The van der Waals surface area contributed by atoms with Crippen LogP contribution >= 0.6 is 15.2 Å². The summed E-state index contributed by atoms with van der Waals surface area (Å²) in [7, 11) is -11.2. The summed E-state index contributed by atoms with van der Waals surface area (Å²) in [5.41, 5.74) is 0. The SMILES string of the molecule is O=P([O-])(O)C(O)(CC1CCCCCC1)P(=O)([O-])O.[Na+].[Na+]. The van der Waals surface area contributed by atoms with Crippen LogP contribution in [0.4, 0.5) is 0 Å². The third-order valence-corrected chi connectivity index (χ3v) is 7.13. The Labute approximate surface area is 162 Å². The minimum absolute atomic E-state index is 0. The van der Waals surface area contributed by atoms with Gasteiger partial charge in [0.25, 0.3) is 0 Å². The minimum Gasteiger partial charge on any atom is -0.776 e. The van der Waals surface area contributed by atoms with Gasteiger partial charge in [0.1, 0.15) is 0 Å². The van der Waals surface area contributed by atoms with Crippen molar-refractivity contribution in [2.24, 2.45) is 5.92 Å². The van der Waals surface area contributed by atoms with Gasteiger partial charge in [-0.15, -0.1) is 0 Å². The molecule has 0 radical (unpaired) electrons. The molecule has 0 aromatic carbocycles. The van der Waals surface area contributed by atoms with Gasteiger partial charge in [0, 0.05) is 0 Å². The normalized spacial score (nSPS) is 25.9. The Morgan fingerprint density at radius 2 is 1.30 bits per heavy atom. The van der Waals surface area contributed by atoms with Crippen molar-refractivity contribution in [3.63, 3.8) is 0 Å². The second-order valence-electron chi connectivity index (χ2n) is 4.88. The van der Waals surface area contributed by atoms with Crippen LogP contribution in [0.2, 0.25) is 0 Å². The molecule has 11 heteroatoms. The number of rotatable bonds is 4. The molecule has 0 aliphatic heterocycles. The Bertz CT molecular complexity index is 350. The molecule has 1 saturated carbocycles. The molecule has 20 heavy (non-hydrogen) atoms. The van der Waals surface area contributed by atoms with Crippen LogP contribution in [0.5, 0.6) is 0 Å². The first kappa shape index (κ1) is 24.5. The molecule has 1 aliphatic rings. The molecule has 0 aromatic rings. The molecule has 3 N–H and O–H groups in total. The fourth-order valence-corrected chi connectivity index (χ4v) is 4.60. The van der Waals surface area contributed by atoms with Gasteiger partial charge in [-0.2, -0.15) is 0 Å². The first-order valence-electron chi connectivity index (χ1n) is 5.88. The maximum Gasteiger partial charge on any atom is 1.00 e. The van der Waals surface area contributed by atoms with Crippen LogP contribution in [0.15, 0.2) is 0 Å². The van der Waals surface area contributed by atoms with Crippen molar-refractivity contribution in [3.05, 3.63) is 0 Å². The van der Waals surface area contributed by atoms with Crippen LogP contribution in [0.25, 0.3) is 0 Å². The maximum absolute atomic E-state index is 11.1. The van der Waals surface area contributed by atoms with E-state index in [1.165, 1.54) is 0 Å².